The zero-order valence-corrected chi connectivity index (χ0v) is 18.5. The predicted molar refractivity (Wildman–Crippen MR) is 127 cm³/mol. The minimum absolute atomic E-state index is 0.0114. The van der Waals surface area contributed by atoms with E-state index in [1.807, 2.05) is 54.6 Å². The first kappa shape index (κ1) is 21.6. The molecule has 2 aromatic heterocycles. The highest BCUT2D eigenvalue weighted by Gasteiger charge is 2.15. The number of hydrogen-bond acceptors (Lipinski definition) is 6. The van der Waals surface area contributed by atoms with Crippen molar-refractivity contribution in [2.45, 2.75) is 25.9 Å². The van der Waals surface area contributed by atoms with E-state index in [1.165, 1.54) is 22.7 Å². The van der Waals surface area contributed by atoms with Gasteiger partial charge < -0.3 is 10.2 Å². The molecule has 0 saturated carbocycles. The molecule has 0 radical (unpaired) electrons. The molecule has 0 aliphatic rings. The normalized spacial score (nSPS) is 10.6. The van der Waals surface area contributed by atoms with Crippen LogP contribution in [-0.4, -0.2) is 26.8 Å². The van der Waals surface area contributed by atoms with Gasteiger partial charge in [-0.1, -0.05) is 66.7 Å². The fraction of sp³-hybridized carbons (Fsp3) is 0.200. The number of hydrogen-bond donors (Lipinski definition) is 1. The van der Waals surface area contributed by atoms with Crippen LogP contribution in [0.4, 0.5) is 5.13 Å². The largest absolute Gasteiger partial charge is 0.350 e. The molecule has 0 aliphatic carbocycles. The lowest BCUT2D eigenvalue weighted by atomic mass is 10.1. The van der Waals surface area contributed by atoms with E-state index >= 15 is 0 Å². The second-order valence-electron chi connectivity index (χ2n) is 7.41. The first-order chi connectivity index (χ1) is 15.8. The van der Waals surface area contributed by atoms with E-state index in [1.54, 1.807) is 6.20 Å². The molecule has 0 spiro atoms. The van der Waals surface area contributed by atoms with Crippen molar-refractivity contribution in [2.75, 3.05) is 11.4 Å². The molecule has 2 heterocycles. The van der Waals surface area contributed by atoms with Crippen LogP contribution in [0.25, 0.3) is 0 Å². The number of nitrogens with one attached hydrogen (secondary N) is 1. The SMILES string of the molecule is O=C(CCN(Cc1ccccc1)c1nc(Cc2ccccc2)ns1)NCc1ccccn1. The molecular weight excluding hydrogens is 418 g/mol. The van der Waals surface area contributed by atoms with Crippen LogP contribution in [0.1, 0.15) is 29.1 Å². The first-order valence-electron chi connectivity index (χ1n) is 10.6. The van der Waals surface area contributed by atoms with Gasteiger partial charge in [-0.05, 0) is 23.3 Å². The minimum Gasteiger partial charge on any atom is -0.350 e. The van der Waals surface area contributed by atoms with Crippen LogP contribution in [0, 0.1) is 0 Å². The summed E-state index contributed by atoms with van der Waals surface area (Å²) >= 11 is 1.38. The zero-order valence-electron chi connectivity index (χ0n) is 17.7. The standard InChI is InChI=1S/C25H25N5OS/c31-24(27-18-22-13-7-8-15-26-22)14-16-30(19-21-11-5-2-6-12-21)25-28-23(29-32-25)17-20-9-3-1-4-10-20/h1-13,15H,14,16-19H2,(H,27,31). The van der Waals surface area contributed by atoms with Crippen molar-refractivity contribution >= 4 is 22.6 Å². The van der Waals surface area contributed by atoms with Crippen molar-refractivity contribution in [3.8, 4) is 0 Å². The van der Waals surface area contributed by atoms with E-state index in [2.05, 4.69) is 43.8 Å². The number of amides is 1. The van der Waals surface area contributed by atoms with Crippen LogP contribution in [0.15, 0.2) is 85.1 Å². The van der Waals surface area contributed by atoms with Crippen molar-refractivity contribution in [3.05, 3.63) is 108 Å². The predicted octanol–water partition coefficient (Wildman–Crippen LogP) is 4.24. The molecule has 6 nitrogen and oxygen atoms in total. The fourth-order valence-electron chi connectivity index (χ4n) is 3.29. The van der Waals surface area contributed by atoms with Gasteiger partial charge in [0.15, 0.2) is 0 Å². The molecular formula is C25H25N5OS. The van der Waals surface area contributed by atoms with Gasteiger partial charge in [0.2, 0.25) is 11.0 Å². The number of benzene rings is 2. The average Bonchev–Trinajstić information content (AvgIpc) is 3.30. The number of carbonyl (C=O) groups excluding carboxylic acids is 1. The Morgan fingerprint density at radius 3 is 2.34 bits per heavy atom. The molecule has 162 valence electrons. The Morgan fingerprint density at radius 1 is 0.906 bits per heavy atom. The van der Waals surface area contributed by atoms with Crippen molar-refractivity contribution in [2.24, 2.45) is 0 Å². The minimum atomic E-state index is -0.0114. The van der Waals surface area contributed by atoms with Gasteiger partial charge in [-0.25, -0.2) is 4.98 Å². The maximum absolute atomic E-state index is 12.5. The molecule has 7 heteroatoms. The Labute approximate surface area is 192 Å². The summed E-state index contributed by atoms with van der Waals surface area (Å²) in [5.41, 5.74) is 3.19. The third-order valence-corrected chi connectivity index (χ3v) is 5.77. The number of carbonyl (C=O) groups is 1. The van der Waals surface area contributed by atoms with Crippen LogP contribution < -0.4 is 10.2 Å². The number of nitrogens with zero attached hydrogens (tertiary/aromatic N) is 4. The van der Waals surface area contributed by atoms with Gasteiger partial charge in [0.05, 0.1) is 12.2 Å². The van der Waals surface area contributed by atoms with Crippen LogP contribution >= 0.6 is 11.5 Å². The van der Waals surface area contributed by atoms with Gasteiger partial charge >= 0.3 is 0 Å². The van der Waals surface area contributed by atoms with Gasteiger partial charge in [-0.2, -0.15) is 4.37 Å². The number of aromatic nitrogens is 3. The molecule has 4 aromatic rings. The first-order valence-corrected chi connectivity index (χ1v) is 11.4. The van der Waals surface area contributed by atoms with Crippen LogP contribution in [0.3, 0.4) is 0 Å². The number of rotatable bonds is 10. The Kier molecular flexibility index (Phi) is 7.55. The molecule has 1 N–H and O–H groups in total. The van der Waals surface area contributed by atoms with Gasteiger partial charge in [0, 0.05) is 43.7 Å². The number of anilines is 1. The topological polar surface area (TPSA) is 71.0 Å². The van der Waals surface area contributed by atoms with E-state index in [9.17, 15) is 4.79 Å². The summed E-state index contributed by atoms with van der Waals surface area (Å²) in [6.07, 6.45) is 2.79. The van der Waals surface area contributed by atoms with Crippen molar-refractivity contribution < 1.29 is 4.79 Å². The number of pyridine rings is 1. The highest BCUT2D eigenvalue weighted by Crippen LogP contribution is 2.21. The molecule has 32 heavy (non-hydrogen) atoms. The summed E-state index contributed by atoms with van der Waals surface area (Å²) in [4.78, 5) is 23.6. The third kappa shape index (κ3) is 6.46. The van der Waals surface area contributed by atoms with E-state index in [0.29, 0.717) is 32.5 Å². The van der Waals surface area contributed by atoms with Crippen molar-refractivity contribution in [1.82, 2.24) is 19.7 Å². The Bertz CT molecular complexity index is 1100. The summed E-state index contributed by atoms with van der Waals surface area (Å²) in [5, 5.41) is 3.78. The van der Waals surface area contributed by atoms with Crippen LogP contribution in [0.5, 0.6) is 0 Å². The van der Waals surface area contributed by atoms with Gasteiger partial charge in [-0.3, -0.25) is 9.78 Å². The maximum Gasteiger partial charge on any atom is 0.222 e. The quantitative estimate of drug-likeness (QED) is 0.397. The molecule has 2 aromatic carbocycles. The Morgan fingerprint density at radius 2 is 1.62 bits per heavy atom. The molecule has 1 amide bonds. The van der Waals surface area contributed by atoms with E-state index in [4.69, 9.17) is 4.98 Å². The average molecular weight is 444 g/mol. The molecule has 0 atom stereocenters. The Balaban J connectivity index is 1.40. The van der Waals surface area contributed by atoms with Gasteiger partial charge in [0.1, 0.15) is 5.82 Å². The van der Waals surface area contributed by atoms with Crippen LogP contribution in [0.2, 0.25) is 0 Å². The van der Waals surface area contributed by atoms with Crippen molar-refractivity contribution in [1.29, 1.82) is 0 Å². The van der Waals surface area contributed by atoms with Crippen LogP contribution in [-0.2, 0) is 24.3 Å². The summed E-state index contributed by atoms with van der Waals surface area (Å²) in [7, 11) is 0. The summed E-state index contributed by atoms with van der Waals surface area (Å²) in [6.45, 7) is 1.66. The fourth-order valence-corrected chi connectivity index (χ4v) is 4.00. The smallest absolute Gasteiger partial charge is 0.222 e. The monoisotopic (exact) mass is 443 g/mol. The molecule has 0 unspecified atom stereocenters. The lowest BCUT2D eigenvalue weighted by molar-refractivity contribution is -0.121. The highest BCUT2D eigenvalue weighted by molar-refractivity contribution is 7.09. The Hall–Kier alpha value is -3.58. The third-order valence-electron chi connectivity index (χ3n) is 4.95. The molecule has 0 aliphatic heterocycles. The molecule has 4 rings (SSSR count). The lowest BCUT2D eigenvalue weighted by Gasteiger charge is -2.21. The zero-order chi connectivity index (χ0) is 22.0. The van der Waals surface area contributed by atoms with E-state index < -0.39 is 0 Å². The molecule has 0 fully saturated rings. The molecule has 0 bridgehead atoms. The summed E-state index contributed by atoms with van der Waals surface area (Å²) < 4.78 is 4.56. The highest BCUT2D eigenvalue weighted by atomic mass is 32.1. The van der Waals surface area contributed by atoms with Gasteiger partial charge in [0.25, 0.3) is 0 Å². The summed E-state index contributed by atoms with van der Waals surface area (Å²) in [6, 6.07) is 26.1. The van der Waals surface area contributed by atoms with E-state index in [0.717, 1.165) is 16.6 Å². The van der Waals surface area contributed by atoms with E-state index in [-0.39, 0.29) is 5.91 Å². The summed E-state index contributed by atoms with van der Waals surface area (Å²) in [5.74, 6) is 0.789. The second kappa shape index (κ2) is 11.2. The molecule has 0 saturated heterocycles. The second-order valence-corrected chi connectivity index (χ2v) is 8.14. The van der Waals surface area contributed by atoms with Crippen molar-refractivity contribution in [3.63, 3.8) is 0 Å². The van der Waals surface area contributed by atoms with Gasteiger partial charge in [-0.15, -0.1) is 0 Å². The lowest BCUT2D eigenvalue weighted by Crippen LogP contribution is -2.30. The maximum atomic E-state index is 12.5.